The van der Waals surface area contributed by atoms with Crippen LogP contribution in [-0.2, 0) is 4.74 Å². The van der Waals surface area contributed by atoms with E-state index in [4.69, 9.17) is 9.47 Å². The molecule has 1 N–H and O–H groups in total. The van der Waals surface area contributed by atoms with Gasteiger partial charge in [-0.3, -0.25) is 0 Å². The molecular weight excluding hydrogens is 226 g/mol. The smallest absolute Gasteiger partial charge is 0.119 e. The Kier molecular flexibility index (Phi) is 5.49. The minimum absolute atomic E-state index is 0.546. The Labute approximate surface area is 109 Å². The standard InChI is InChI=1S/C15H23NO2/c1-13(14-8-11-17-12-14)16-9-5-10-18-15-6-3-2-4-7-15/h2-4,6-7,13-14,16H,5,8-12H2,1H3/t13-,14-/m1/s1. The SMILES string of the molecule is C[C@@H](NCCCOc1ccccc1)[C@@H]1CCOC1. The first-order valence-corrected chi connectivity index (χ1v) is 6.85. The average Bonchev–Trinajstić information content (AvgIpc) is 2.93. The topological polar surface area (TPSA) is 30.5 Å². The molecule has 1 saturated heterocycles. The molecule has 3 nitrogen and oxygen atoms in total. The molecule has 0 bridgehead atoms. The van der Waals surface area contributed by atoms with Gasteiger partial charge in [0.2, 0.25) is 0 Å². The number of ether oxygens (including phenoxy) is 2. The Morgan fingerprint density at radius 3 is 2.94 bits per heavy atom. The Morgan fingerprint density at radius 1 is 1.39 bits per heavy atom. The number of hydrogen-bond acceptors (Lipinski definition) is 3. The molecule has 0 amide bonds. The van der Waals surface area contributed by atoms with Crippen LogP contribution in [0.3, 0.4) is 0 Å². The fourth-order valence-corrected chi connectivity index (χ4v) is 2.22. The van der Waals surface area contributed by atoms with Gasteiger partial charge in [-0.25, -0.2) is 0 Å². The van der Waals surface area contributed by atoms with Crippen molar-refractivity contribution in [1.82, 2.24) is 5.32 Å². The fraction of sp³-hybridized carbons (Fsp3) is 0.600. The summed E-state index contributed by atoms with van der Waals surface area (Å²) in [4.78, 5) is 0. The molecule has 2 rings (SSSR count). The summed E-state index contributed by atoms with van der Waals surface area (Å²) in [7, 11) is 0. The molecule has 0 spiro atoms. The molecule has 18 heavy (non-hydrogen) atoms. The molecule has 1 aliphatic heterocycles. The second-order valence-corrected chi connectivity index (χ2v) is 4.88. The largest absolute Gasteiger partial charge is 0.494 e. The summed E-state index contributed by atoms with van der Waals surface area (Å²) in [5.41, 5.74) is 0. The van der Waals surface area contributed by atoms with Gasteiger partial charge in [0, 0.05) is 12.6 Å². The Balaban J connectivity index is 1.53. The van der Waals surface area contributed by atoms with Crippen LogP contribution in [0.4, 0.5) is 0 Å². The first-order valence-electron chi connectivity index (χ1n) is 6.85. The molecule has 100 valence electrons. The summed E-state index contributed by atoms with van der Waals surface area (Å²) >= 11 is 0. The van der Waals surface area contributed by atoms with Gasteiger partial charge in [0.1, 0.15) is 5.75 Å². The van der Waals surface area contributed by atoms with Crippen LogP contribution in [0.15, 0.2) is 30.3 Å². The van der Waals surface area contributed by atoms with Gasteiger partial charge >= 0.3 is 0 Å². The summed E-state index contributed by atoms with van der Waals surface area (Å²) in [5, 5.41) is 3.55. The Bertz CT molecular complexity index is 323. The second kappa shape index (κ2) is 7.39. The molecule has 1 fully saturated rings. The van der Waals surface area contributed by atoms with Crippen LogP contribution in [-0.4, -0.2) is 32.4 Å². The molecule has 1 aliphatic rings. The van der Waals surface area contributed by atoms with Crippen molar-refractivity contribution in [2.45, 2.75) is 25.8 Å². The van der Waals surface area contributed by atoms with Gasteiger partial charge in [-0.05, 0) is 44.4 Å². The van der Waals surface area contributed by atoms with Gasteiger partial charge in [0.15, 0.2) is 0 Å². The highest BCUT2D eigenvalue weighted by Gasteiger charge is 2.21. The first kappa shape index (κ1) is 13.4. The van der Waals surface area contributed by atoms with Crippen LogP contribution in [0.1, 0.15) is 19.8 Å². The number of rotatable bonds is 7. The maximum atomic E-state index is 5.65. The van der Waals surface area contributed by atoms with E-state index in [1.807, 2.05) is 30.3 Å². The quantitative estimate of drug-likeness (QED) is 0.753. The van der Waals surface area contributed by atoms with E-state index in [0.717, 1.165) is 38.5 Å². The summed E-state index contributed by atoms with van der Waals surface area (Å²) < 4.78 is 11.0. The average molecular weight is 249 g/mol. The van der Waals surface area contributed by atoms with Gasteiger partial charge in [-0.15, -0.1) is 0 Å². The third kappa shape index (κ3) is 4.31. The molecule has 0 aliphatic carbocycles. The zero-order chi connectivity index (χ0) is 12.6. The number of benzene rings is 1. The lowest BCUT2D eigenvalue weighted by atomic mass is 10.0. The highest BCUT2D eigenvalue weighted by atomic mass is 16.5. The lowest BCUT2D eigenvalue weighted by molar-refractivity contribution is 0.178. The van der Waals surface area contributed by atoms with Crippen LogP contribution in [0.25, 0.3) is 0 Å². The van der Waals surface area contributed by atoms with Crippen LogP contribution < -0.4 is 10.1 Å². The molecular formula is C15H23NO2. The molecule has 0 radical (unpaired) electrons. The number of hydrogen-bond donors (Lipinski definition) is 1. The van der Waals surface area contributed by atoms with Crippen molar-refractivity contribution in [3.63, 3.8) is 0 Å². The molecule has 0 unspecified atom stereocenters. The predicted molar refractivity (Wildman–Crippen MR) is 72.9 cm³/mol. The van der Waals surface area contributed by atoms with Gasteiger partial charge in [-0.2, -0.15) is 0 Å². The van der Waals surface area contributed by atoms with Crippen molar-refractivity contribution in [2.24, 2.45) is 5.92 Å². The van der Waals surface area contributed by atoms with Crippen LogP contribution >= 0.6 is 0 Å². The maximum absolute atomic E-state index is 5.65. The summed E-state index contributed by atoms with van der Waals surface area (Å²) in [5.74, 6) is 1.63. The summed E-state index contributed by atoms with van der Waals surface area (Å²) in [6.07, 6.45) is 2.22. The third-order valence-corrected chi connectivity index (χ3v) is 3.47. The normalized spacial score (nSPS) is 20.8. The van der Waals surface area contributed by atoms with E-state index in [-0.39, 0.29) is 0 Å². The van der Waals surface area contributed by atoms with E-state index in [0.29, 0.717) is 12.0 Å². The Hall–Kier alpha value is -1.06. The van der Waals surface area contributed by atoms with Crippen LogP contribution in [0.2, 0.25) is 0 Å². The fourth-order valence-electron chi connectivity index (χ4n) is 2.22. The highest BCUT2D eigenvalue weighted by molar-refractivity contribution is 5.20. The van der Waals surface area contributed by atoms with Crippen molar-refractivity contribution in [1.29, 1.82) is 0 Å². The number of para-hydroxylation sites is 1. The van der Waals surface area contributed by atoms with Crippen molar-refractivity contribution >= 4 is 0 Å². The van der Waals surface area contributed by atoms with E-state index in [9.17, 15) is 0 Å². The monoisotopic (exact) mass is 249 g/mol. The summed E-state index contributed by atoms with van der Waals surface area (Å²) in [6.45, 7) is 5.86. The molecule has 2 atom stereocenters. The molecule has 0 aromatic heterocycles. The van der Waals surface area contributed by atoms with Crippen molar-refractivity contribution in [2.75, 3.05) is 26.4 Å². The molecule has 3 heteroatoms. The lowest BCUT2D eigenvalue weighted by Gasteiger charge is -2.19. The van der Waals surface area contributed by atoms with E-state index in [1.165, 1.54) is 6.42 Å². The minimum atomic E-state index is 0.546. The third-order valence-electron chi connectivity index (χ3n) is 3.47. The lowest BCUT2D eigenvalue weighted by Crippen LogP contribution is -2.34. The Morgan fingerprint density at radius 2 is 2.22 bits per heavy atom. The van der Waals surface area contributed by atoms with E-state index in [1.54, 1.807) is 0 Å². The second-order valence-electron chi connectivity index (χ2n) is 4.88. The van der Waals surface area contributed by atoms with Crippen molar-refractivity contribution in [3.05, 3.63) is 30.3 Å². The molecule has 1 aromatic carbocycles. The van der Waals surface area contributed by atoms with Crippen LogP contribution in [0, 0.1) is 5.92 Å². The minimum Gasteiger partial charge on any atom is -0.494 e. The molecule has 0 saturated carbocycles. The molecule has 1 heterocycles. The van der Waals surface area contributed by atoms with E-state index >= 15 is 0 Å². The summed E-state index contributed by atoms with van der Waals surface area (Å²) in [6, 6.07) is 10.5. The van der Waals surface area contributed by atoms with Crippen molar-refractivity contribution in [3.8, 4) is 5.75 Å². The van der Waals surface area contributed by atoms with E-state index in [2.05, 4.69) is 12.2 Å². The predicted octanol–water partition coefficient (Wildman–Crippen LogP) is 2.47. The van der Waals surface area contributed by atoms with Gasteiger partial charge < -0.3 is 14.8 Å². The van der Waals surface area contributed by atoms with Crippen LogP contribution in [0.5, 0.6) is 5.75 Å². The first-order chi connectivity index (χ1) is 8.86. The zero-order valence-corrected chi connectivity index (χ0v) is 11.1. The van der Waals surface area contributed by atoms with Gasteiger partial charge in [0.25, 0.3) is 0 Å². The van der Waals surface area contributed by atoms with Crippen molar-refractivity contribution < 1.29 is 9.47 Å². The molecule has 1 aromatic rings. The highest BCUT2D eigenvalue weighted by Crippen LogP contribution is 2.16. The maximum Gasteiger partial charge on any atom is 0.119 e. The van der Waals surface area contributed by atoms with Gasteiger partial charge in [-0.1, -0.05) is 18.2 Å². The van der Waals surface area contributed by atoms with E-state index < -0.39 is 0 Å². The number of nitrogens with one attached hydrogen (secondary N) is 1. The van der Waals surface area contributed by atoms with Gasteiger partial charge in [0.05, 0.1) is 13.2 Å². The zero-order valence-electron chi connectivity index (χ0n) is 11.1.